The Morgan fingerprint density at radius 2 is 2.19 bits per heavy atom. The lowest BCUT2D eigenvalue weighted by Crippen LogP contribution is -2.16. The number of rotatable bonds is 7. The van der Waals surface area contributed by atoms with Gasteiger partial charge >= 0.3 is 0 Å². The Bertz CT molecular complexity index is 304. The van der Waals surface area contributed by atoms with Gasteiger partial charge in [-0.25, -0.2) is 4.39 Å². The van der Waals surface area contributed by atoms with E-state index in [2.05, 4.69) is 6.92 Å². The Kier molecular flexibility index (Phi) is 6.04. The first-order chi connectivity index (χ1) is 7.77. The summed E-state index contributed by atoms with van der Waals surface area (Å²) in [6, 6.07) is 6.44. The molecule has 0 bridgehead atoms. The van der Waals surface area contributed by atoms with Crippen LogP contribution in [0.15, 0.2) is 24.3 Å². The van der Waals surface area contributed by atoms with Crippen molar-refractivity contribution in [3.63, 3.8) is 0 Å². The Balaban J connectivity index is 2.47. The minimum absolute atomic E-state index is 0.187. The predicted octanol–water partition coefficient (Wildman–Crippen LogP) is 3.03. The van der Waals surface area contributed by atoms with Gasteiger partial charge in [0.2, 0.25) is 0 Å². The average Bonchev–Trinajstić information content (AvgIpc) is 2.29. The molecule has 0 radical (unpaired) electrons. The summed E-state index contributed by atoms with van der Waals surface area (Å²) in [5.41, 5.74) is 6.44. The fourth-order valence-electron chi connectivity index (χ4n) is 1.58. The van der Waals surface area contributed by atoms with Crippen molar-refractivity contribution in [1.82, 2.24) is 0 Å². The molecule has 1 aromatic rings. The van der Waals surface area contributed by atoms with E-state index in [1.54, 1.807) is 6.07 Å². The first kappa shape index (κ1) is 13.1. The standard InChI is InChI=1S/C13H20FNO/c1-2-3-4-8-16-13(10-15)11-6-5-7-12(14)9-11/h5-7,9,13H,2-4,8,10,15H2,1H3. The highest BCUT2D eigenvalue weighted by atomic mass is 19.1. The van der Waals surface area contributed by atoms with Crippen molar-refractivity contribution in [3.05, 3.63) is 35.6 Å². The molecule has 0 saturated heterocycles. The summed E-state index contributed by atoms with van der Waals surface area (Å²) < 4.78 is 18.7. The van der Waals surface area contributed by atoms with Gasteiger partial charge in [0.05, 0.1) is 6.10 Å². The van der Waals surface area contributed by atoms with Crippen LogP contribution in [0.4, 0.5) is 4.39 Å². The summed E-state index contributed by atoms with van der Waals surface area (Å²) >= 11 is 0. The van der Waals surface area contributed by atoms with Gasteiger partial charge in [-0.05, 0) is 24.1 Å². The lowest BCUT2D eigenvalue weighted by Gasteiger charge is -2.16. The molecule has 0 amide bonds. The lowest BCUT2D eigenvalue weighted by atomic mass is 10.1. The Hall–Kier alpha value is -0.930. The topological polar surface area (TPSA) is 35.2 Å². The van der Waals surface area contributed by atoms with E-state index in [1.165, 1.54) is 12.1 Å². The smallest absolute Gasteiger partial charge is 0.123 e. The van der Waals surface area contributed by atoms with Gasteiger partial charge in [-0.3, -0.25) is 0 Å². The molecule has 1 unspecified atom stereocenters. The molecule has 90 valence electrons. The third kappa shape index (κ3) is 4.29. The predicted molar refractivity (Wildman–Crippen MR) is 63.7 cm³/mol. The number of halogens is 1. The molecule has 0 heterocycles. The molecule has 0 spiro atoms. The van der Waals surface area contributed by atoms with Crippen LogP contribution in [0.2, 0.25) is 0 Å². The van der Waals surface area contributed by atoms with Gasteiger partial charge in [0.25, 0.3) is 0 Å². The zero-order chi connectivity index (χ0) is 11.8. The van der Waals surface area contributed by atoms with Crippen LogP contribution in [0, 0.1) is 5.82 Å². The second-order valence-electron chi connectivity index (χ2n) is 3.86. The van der Waals surface area contributed by atoms with Gasteiger partial charge in [0, 0.05) is 13.2 Å². The molecule has 0 aliphatic carbocycles. The number of ether oxygens (including phenoxy) is 1. The molecular formula is C13H20FNO. The van der Waals surface area contributed by atoms with Gasteiger partial charge in [0.15, 0.2) is 0 Å². The minimum atomic E-state index is -0.242. The van der Waals surface area contributed by atoms with Crippen molar-refractivity contribution in [2.24, 2.45) is 5.73 Å². The Morgan fingerprint density at radius 1 is 1.38 bits per heavy atom. The fraction of sp³-hybridized carbons (Fsp3) is 0.538. The van der Waals surface area contributed by atoms with E-state index in [-0.39, 0.29) is 11.9 Å². The first-order valence-electron chi connectivity index (χ1n) is 5.85. The molecule has 1 aromatic carbocycles. The van der Waals surface area contributed by atoms with E-state index < -0.39 is 0 Å². The van der Waals surface area contributed by atoms with E-state index in [9.17, 15) is 4.39 Å². The van der Waals surface area contributed by atoms with E-state index in [0.717, 1.165) is 24.8 Å². The van der Waals surface area contributed by atoms with Crippen LogP contribution in [0.25, 0.3) is 0 Å². The maximum absolute atomic E-state index is 13.0. The van der Waals surface area contributed by atoms with Crippen LogP contribution in [0.1, 0.15) is 37.9 Å². The van der Waals surface area contributed by atoms with Gasteiger partial charge < -0.3 is 10.5 Å². The van der Waals surface area contributed by atoms with Crippen LogP contribution in [-0.4, -0.2) is 13.2 Å². The molecule has 0 saturated carbocycles. The van der Waals surface area contributed by atoms with E-state index in [0.29, 0.717) is 13.2 Å². The van der Waals surface area contributed by atoms with Gasteiger partial charge in [-0.1, -0.05) is 31.9 Å². The quantitative estimate of drug-likeness (QED) is 0.724. The van der Waals surface area contributed by atoms with E-state index in [1.807, 2.05) is 6.07 Å². The maximum atomic E-state index is 13.0. The van der Waals surface area contributed by atoms with Crippen LogP contribution in [-0.2, 0) is 4.74 Å². The van der Waals surface area contributed by atoms with Crippen molar-refractivity contribution >= 4 is 0 Å². The highest BCUT2D eigenvalue weighted by Gasteiger charge is 2.10. The molecule has 0 aliphatic heterocycles. The number of nitrogens with two attached hydrogens (primary N) is 1. The zero-order valence-electron chi connectivity index (χ0n) is 9.79. The third-order valence-electron chi connectivity index (χ3n) is 2.50. The summed E-state index contributed by atoms with van der Waals surface area (Å²) in [6.07, 6.45) is 3.16. The Labute approximate surface area is 96.6 Å². The third-order valence-corrected chi connectivity index (χ3v) is 2.50. The normalized spacial score (nSPS) is 12.7. The minimum Gasteiger partial charge on any atom is -0.372 e. The average molecular weight is 225 g/mol. The number of hydrogen-bond donors (Lipinski definition) is 1. The van der Waals surface area contributed by atoms with Crippen molar-refractivity contribution in [2.75, 3.05) is 13.2 Å². The highest BCUT2D eigenvalue weighted by Crippen LogP contribution is 2.17. The van der Waals surface area contributed by atoms with Crippen molar-refractivity contribution in [3.8, 4) is 0 Å². The lowest BCUT2D eigenvalue weighted by molar-refractivity contribution is 0.0558. The molecule has 0 aromatic heterocycles. The SMILES string of the molecule is CCCCCOC(CN)c1cccc(F)c1. The van der Waals surface area contributed by atoms with Gasteiger partial charge in [-0.2, -0.15) is 0 Å². The van der Waals surface area contributed by atoms with Gasteiger partial charge in [-0.15, -0.1) is 0 Å². The van der Waals surface area contributed by atoms with E-state index >= 15 is 0 Å². The molecule has 2 N–H and O–H groups in total. The molecule has 3 heteroatoms. The summed E-state index contributed by atoms with van der Waals surface area (Å²) in [5, 5.41) is 0. The highest BCUT2D eigenvalue weighted by molar-refractivity contribution is 5.19. The maximum Gasteiger partial charge on any atom is 0.123 e. The van der Waals surface area contributed by atoms with E-state index in [4.69, 9.17) is 10.5 Å². The summed E-state index contributed by atoms with van der Waals surface area (Å²) in [5.74, 6) is -0.242. The monoisotopic (exact) mass is 225 g/mol. The number of unbranched alkanes of at least 4 members (excludes halogenated alkanes) is 2. The fourth-order valence-corrected chi connectivity index (χ4v) is 1.58. The summed E-state index contributed by atoms with van der Waals surface area (Å²) in [4.78, 5) is 0. The first-order valence-corrected chi connectivity index (χ1v) is 5.85. The van der Waals surface area contributed by atoms with Crippen molar-refractivity contribution in [1.29, 1.82) is 0 Å². The van der Waals surface area contributed by atoms with Gasteiger partial charge in [0.1, 0.15) is 5.82 Å². The molecule has 16 heavy (non-hydrogen) atoms. The van der Waals surface area contributed by atoms with Crippen LogP contribution in [0.5, 0.6) is 0 Å². The van der Waals surface area contributed by atoms with Crippen molar-refractivity contribution in [2.45, 2.75) is 32.3 Å². The van der Waals surface area contributed by atoms with Crippen LogP contribution in [0.3, 0.4) is 0 Å². The summed E-state index contributed by atoms with van der Waals surface area (Å²) in [6.45, 7) is 3.22. The molecule has 2 nitrogen and oxygen atoms in total. The number of benzene rings is 1. The number of hydrogen-bond acceptors (Lipinski definition) is 2. The molecule has 0 aliphatic rings. The molecule has 0 fully saturated rings. The Morgan fingerprint density at radius 3 is 2.81 bits per heavy atom. The van der Waals surface area contributed by atoms with Crippen molar-refractivity contribution < 1.29 is 9.13 Å². The molecular weight excluding hydrogens is 205 g/mol. The molecule has 1 atom stereocenters. The molecule has 1 rings (SSSR count). The summed E-state index contributed by atoms with van der Waals surface area (Å²) in [7, 11) is 0. The second-order valence-corrected chi connectivity index (χ2v) is 3.86. The van der Waals surface area contributed by atoms with Crippen LogP contribution >= 0.6 is 0 Å². The largest absolute Gasteiger partial charge is 0.372 e. The van der Waals surface area contributed by atoms with Crippen LogP contribution < -0.4 is 5.73 Å². The zero-order valence-corrected chi connectivity index (χ0v) is 9.79. The second kappa shape index (κ2) is 7.36.